The molecule has 0 spiro atoms. The minimum atomic E-state index is -3.43. The Hall–Kier alpha value is -1.70. The molecule has 1 atom stereocenters. The highest BCUT2D eigenvalue weighted by Gasteiger charge is 2.20. The van der Waals surface area contributed by atoms with Crippen molar-refractivity contribution in [2.24, 2.45) is 0 Å². The molecule has 2 N–H and O–H groups in total. The molecule has 1 heterocycles. The second kappa shape index (κ2) is 7.04. The molecule has 7 heteroatoms. The van der Waals surface area contributed by atoms with Gasteiger partial charge in [-0.3, -0.25) is 4.79 Å². The molecule has 1 unspecified atom stereocenters. The van der Waals surface area contributed by atoms with Crippen LogP contribution in [0.5, 0.6) is 0 Å². The van der Waals surface area contributed by atoms with Gasteiger partial charge in [0.05, 0.1) is 4.90 Å². The Labute approximate surface area is 131 Å². The molecule has 2 rings (SSSR count). The van der Waals surface area contributed by atoms with Crippen LogP contribution < -0.4 is 10.0 Å². The van der Waals surface area contributed by atoms with Crippen molar-refractivity contribution in [1.82, 2.24) is 14.9 Å². The molecule has 1 aliphatic heterocycles. The number of sulfonamides is 1. The molecule has 0 bridgehead atoms. The fourth-order valence-electron chi connectivity index (χ4n) is 2.31. The molecule has 0 saturated carbocycles. The van der Waals surface area contributed by atoms with Gasteiger partial charge < -0.3 is 10.2 Å². The van der Waals surface area contributed by atoms with Gasteiger partial charge in [-0.05, 0) is 37.7 Å². The lowest BCUT2D eigenvalue weighted by Gasteiger charge is -2.33. The van der Waals surface area contributed by atoms with E-state index in [-0.39, 0.29) is 16.8 Å². The summed E-state index contributed by atoms with van der Waals surface area (Å²) in [5.41, 5.74) is 0.784. The third kappa shape index (κ3) is 3.94. The fourth-order valence-corrected chi connectivity index (χ4v) is 3.04. The summed E-state index contributed by atoms with van der Waals surface area (Å²) < 4.78 is 25.5. The van der Waals surface area contributed by atoms with E-state index < -0.39 is 10.0 Å². The van der Waals surface area contributed by atoms with Crippen molar-refractivity contribution in [2.75, 3.05) is 26.7 Å². The van der Waals surface area contributed by atoms with Crippen molar-refractivity contribution < 1.29 is 13.2 Å². The quantitative estimate of drug-likeness (QED) is 0.788. The normalized spacial score (nSPS) is 19.5. The highest BCUT2D eigenvalue weighted by atomic mass is 32.2. The summed E-state index contributed by atoms with van der Waals surface area (Å²) in [6.45, 7) is 4.32. The van der Waals surface area contributed by atoms with Crippen molar-refractivity contribution >= 4 is 22.0 Å². The molecular weight excluding hydrogens is 302 g/mol. The second-order valence-electron chi connectivity index (χ2n) is 5.19. The molecule has 6 nitrogen and oxygen atoms in total. The molecule has 1 aromatic rings. The summed E-state index contributed by atoms with van der Waals surface area (Å²) >= 11 is 0. The Morgan fingerprint density at radius 1 is 1.36 bits per heavy atom. The van der Waals surface area contributed by atoms with Crippen LogP contribution in [0.4, 0.5) is 0 Å². The summed E-state index contributed by atoms with van der Waals surface area (Å²) in [6.07, 6.45) is 3.23. The molecular formula is C15H21N3O3S. The highest BCUT2D eigenvalue weighted by molar-refractivity contribution is 7.89. The van der Waals surface area contributed by atoms with Crippen LogP contribution in [0.1, 0.15) is 12.5 Å². The van der Waals surface area contributed by atoms with Gasteiger partial charge in [0.1, 0.15) is 0 Å². The molecule has 0 radical (unpaired) electrons. The number of carbonyl (C=O) groups is 1. The van der Waals surface area contributed by atoms with E-state index in [0.29, 0.717) is 6.54 Å². The van der Waals surface area contributed by atoms with Gasteiger partial charge in [-0.1, -0.05) is 12.1 Å². The Morgan fingerprint density at radius 3 is 2.64 bits per heavy atom. The average Bonchev–Trinajstić information content (AvgIpc) is 2.53. The summed E-state index contributed by atoms with van der Waals surface area (Å²) in [5, 5.41) is 3.24. The van der Waals surface area contributed by atoms with Crippen LogP contribution in [0.25, 0.3) is 6.08 Å². The van der Waals surface area contributed by atoms with Crippen molar-refractivity contribution in [3.63, 3.8) is 0 Å². The molecule has 1 aromatic carbocycles. The Balaban J connectivity index is 2.05. The van der Waals surface area contributed by atoms with Gasteiger partial charge in [0.25, 0.3) is 0 Å². The number of hydrogen-bond acceptors (Lipinski definition) is 4. The number of carbonyl (C=O) groups excluding carboxylic acids is 1. The number of rotatable bonds is 4. The summed E-state index contributed by atoms with van der Waals surface area (Å²) in [5.74, 6) is -0.0269. The average molecular weight is 323 g/mol. The number of nitrogens with zero attached hydrogens (tertiary/aromatic N) is 1. The second-order valence-corrected chi connectivity index (χ2v) is 7.08. The van der Waals surface area contributed by atoms with Gasteiger partial charge in [-0.15, -0.1) is 0 Å². The lowest BCUT2D eigenvalue weighted by atomic mass is 10.2. The monoisotopic (exact) mass is 323 g/mol. The Kier molecular flexibility index (Phi) is 5.33. The first kappa shape index (κ1) is 16.7. The lowest BCUT2D eigenvalue weighted by molar-refractivity contribution is -0.128. The highest BCUT2D eigenvalue weighted by Crippen LogP contribution is 2.12. The van der Waals surface area contributed by atoms with Crippen molar-refractivity contribution in [1.29, 1.82) is 0 Å². The van der Waals surface area contributed by atoms with Crippen LogP contribution >= 0.6 is 0 Å². The van der Waals surface area contributed by atoms with E-state index in [4.69, 9.17) is 0 Å². The summed E-state index contributed by atoms with van der Waals surface area (Å²) in [4.78, 5) is 14.2. The fraction of sp³-hybridized carbons (Fsp3) is 0.400. The number of nitrogens with one attached hydrogen (secondary N) is 2. The van der Waals surface area contributed by atoms with Crippen LogP contribution in [0.2, 0.25) is 0 Å². The van der Waals surface area contributed by atoms with E-state index >= 15 is 0 Å². The maximum atomic E-state index is 12.2. The van der Waals surface area contributed by atoms with Crippen LogP contribution in [0, 0.1) is 0 Å². The first-order valence-electron chi connectivity index (χ1n) is 7.17. The number of benzene rings is 1. The number of amides is 1. The Bertz CT molecular complexity index is 653. The van der Waals surface area contributed by atoms with Crippen molar-refractivity contribution in [3.8, 4) is 0 Å². The number of hydrogen-bond donors (Lipinski definition) is 2. The minimum absolute atomic E-state index is 0.0269. The third-order valence-electron chi connectivity index (χ3n) is 3.66. The lowest BCUT2D eigenvalue weighted by Crippen LogP contribution is -2.51. The van der Waals surface area contributed by atoms with Crippen molar-refractivity contribution in [3.05, 3.63) is 35.9 Å². The first-order chi connectivity index (χ1) is 10.4. The minimum Gasteiger partial charge on any atom is -0.334 e. The molecule has 22 heavy (non-hydrogen) atoms. The maximum Gasteiger partial charge on any atom is 0.246 e. The standard InChI is InChI=1S/C15H21N3O3S/c1-12-11-17-9-10-18(12)15(19)8-5-13-3-6-14(7-4-13)22(20,21)16-2/h3-8,12,16-17H,9-11H2,1-2H3/b8-5+. The SMILES string of the molecule is CNS(=O)(=O)c1ccc(/C=C/C(=O)N2CCNCC2C)cc1. The summed E-state index contributed by atoms with van der Waals surface area (Å²) in [6, 6.07) is 6.56. The molecule has 1 fully saturated rings. The van der Waals surface area contributed by atoms with E-state index in [0.717, 1.165) is 18.7 Å². The van der Waals surface area contributed by atoms with Crippen LogP contribution in [0.3, 0.4) is 0 Å². The topological polar surface area (TPSA) is 78.5 Å². The zero-order chi connectivity index (χ0) is 16.2. The largest absolute Gasteiger partial charge is 0.334 e. The molecule has 1 aliphatic rings. The van der Waals surface area contributed by atoms with Crippen LogP contribution in [-0.2, 0) is 14.8 Å². The first-order valence-corrected chi connectivity index (χ1v) is 8.65. The van der Waals surface area contributed by atoms with Crippen LogP contribution in [-0.4, -0.2) is 51.9 Å². The van der Waals surface area contributed by atoms with Gasteiger partial charge in [0, 0.05) is 31.8 Å². The third-order valence-corrected chi connectivity index (χ3v) is 5.09. The smallest absolute Gasteiger partial charge is 0.246 e. The molecule has 0 aliphatic carbocycles. The van der Waals surface area contributed by atoms with Gasteiger partial charge in [-0.2, -0.15) is 0 Å². The van der Waals surface area contributed by atoms with Gasteiger partial charge >= 0.3 is 0 Å². The van der Waals surface area contributed by atoms with Gasteiger partial charge in [0.2, 0.25) is 15.9 Å². The summed E-state index contributed by atoms with van der Waals surface area (Å²) in [7, 11) is -2.06. The van der Waals surface area contributed by atoms with Crippen LogP contribution in [0.15, 0.2) is 35.2 Å². The zero-order valence-electron chi connectivity index (χ0n) is 12.7. The van der Waals surface area contributed by atoms with Gasteiger partial charge in [0.15, 0.2) is 0 Å². The van der Waals surface area contributed by atoms with E-state index in [2.05, 4.69) is 10.0 Å². The predicted molar refractivity (Wildman–Crippen MR) is 85.8 cm³/mol. The Morgan fingerprint density at radius 2 is 2.05 bits per heavy atom. The molecule has 0 aromatic heterocycles. The van der Waals surface area contributed by atoms with E-state index in [1.807, 2.05) is 11.8 Å². The maximum absolute atomic E-state index is 12.2. The molecule has 1 saturated heterocycles. The van der Waals surface area contributed by atoms with Crippen molar-refractivity contribution in [2.45, 2.75) is 17.9 Å². The molecule has 1 amide bonds. The van der Waals surface area contributed by atoms with E-state index in [1.54, 1.807) is 18.2 Å². The number of piperazine rings is 1. The van der Waals surface area contributed by atoms with E-state index in [1.165, 1.54) is 25.3 Å². The van der Waals surface area contributed by atoms with E-state index in [9.17, 15) is 13.2 Å². The zero-order valence-corrected chi connectivity index (χ0v) is 13.6. The van der Waals surface area contributed by atoms with Gasteiger partial charge in [-0.25, -0.2) is 13.1 Å². The predicted octanol–water partition coefficient (Wildman–Crippen LogP) is 0.428. The molecule has 120 valence electrons.